The maximum absolute atomic E-state index is 13.4. The second-order valence-electron chi connectivity index (χ2n) is 11.5. The van der Waals surface area contributed by atoms with Gasteiger partial charge in [0.2, 0.25) is 0 Å². The third-order valence-corrected chi connectivity index (χ3v) is 13.9. The maximum Gasteiger partial charge on any atom is 0.324 e. The Bertz CT molecular complexity index is 753. The van der Waals surface area contributed by atoms with Crippen molar-refractivity contribution in [2.75, 3.05) is 13.2 Å². The third-order valence-electron chi connectivity index (χ3n) is 7.85. The molecule has 0 radical (unpaired) electrons. The molecule has 0 aromatic carbocycles. The normalized spacial score (nSPS) is 24.0. The van der Waals surface area contributed by atoms with Gasteiger partial charge in [-0.3, -0.25) is 9.59 Å². The lowest BCUT2D eigenvalue weighted by Gasteiger charge is -2.48. The summed E-state index contributed by atoms with van der Waals surface area (Å²) in [5.41, 5.74) is 0.494. The van der Waals surface area contributed by atoms with E-state index in [9.17, 15) is 9.59 Å². The molecule has 0 aromatic rings. The fraction of sp³-hybridized carbons (Fsp3) is 0.778. The van der Waals surface area contributed by atoms with Crippen molar-refractivity contribution in [1.29, 1.82) is 0 Å². The summed E-state index contributed by atoms with van der Waals surface area (Å²) in [4.78, 5) is 26.8. The Labute approximate surface area is 202 Å². The molecule has 2 rings (SSSR count). The molecule has 0 N–H and O–H groups in total. The highest BCUT2D eigenvalue weighted by Gasteiger charge is 2.65. The van der Waals surface area contributed by atoms with Gasteiger partial charge in [-0.05, 0) is 54.8 Å². The standard InChI is InChI=1S/C27H46O5Si/c1-12-30-24(28)27(25(29)31-13-2)14-20(9)23-21(27)15-26(10,11)16-22(23)32-33(17(3)4,18(5)6)19(7)8/h16-19,21,23H,9,12-15H2,1-8,10-11H3/t21-,23-/m1/s1. The number of carbonyl (C=O) groups excluding carboxylic acids is 2. The van der Waals surface area contributed by atoms with Gasteiger partial charge in [-0.25, -0.2) is 0 Å². The molecule has 0 heterocycles. The Morgan fingerprint density at radius 3 is 1.85 bits per heavy atom. The summed E-state index contributed by atoms with van der Waals surface area (Å²) >= 11 is 0. The molecule has 6 heteroatoms. The first kappa shape index (κ1) is 27.7. The minimum atomic E-state index is -2.24. The fourth-order valence-corrected chi connectivity index (χ4v) is 12.0. The predicted molar refractivity (Wildman–Crippen MR) is 135 cm³/mol. The Balaban J connectivity index is 2.67. The van der Waals surface area contributed by atoms with E-state index in [1.807, 2.05) is 0 Å². The Kier molecular flexibility index (Phi) is 8.36. The first-order valence-corrected chi connectivity index (χ1v) is 14.8. The van der Waals surface area contributed by atoms with Crippen LogP contribution in [-0.4, -0.2) is 33.5 Å². The van der Waals surface area contributed by atoms with E-state index < -0.39 is 25.7 Å². The van der Waals surface area contributed by atoms with E-state index in [4.69, 9.17) is 13.9 Å². The van der Waals surface area contributed by atoms with Crippen molar-refractivity contribution in [2.24, 2.45) is 22.7 Å². The SMILES string of the molecule is C=C1CC(C(=O)OCC)(C(=O)OCC)[C@@H]2CC(C)(C)C=C(O[Si](C(C)C)(C(C)C)C(C)C)[C@H]12. The average molecular weight is 479 g/mol. The van der Waals surface area contributed by atoms with Crippen molar-refractivity contribution in [3.8, 4) is 0 Å². The van der Waals surface area contributed by atoms with Gasteiger partial charge < -0.3 is 13.9 Å². The van der Waals surface area contributed by atoms with E-state index in [2.05, 4.69) is 68.0 Å². The number of allylic oxidation sites excluding steroid dienone is 2. The van der Waals surface area contributed by atoms with E-state index >= 15 is 0 Å². The van der Waals surface area contributed by atoms with Gasteiger partial charge >= 0.3 is 11.9 Å². The molecular weight excluding hydrogens is 432 g/mol. The van der Waals surface area contributed by atoms with E-state index in [0.717, 1.165) is 11.3 Å². The number of carbonyl (C=O) groups is 2. The second kappa shape index (κ2) is 9.97. The quantitative estimate of drug-likeness (QED) is 0.158. The smallest absolute Gasteiger partial charge is 0.324 e. The van der Waals surface area contributed by atoms with Gasteiger partial charge in [0, 0.05) is 11.8 Å². The minimum absolute atomic E-state index is 0.185. The van der Waals surface area contributed by atoms with Gasteiger partial charge in [-0.15, -0.1) is 0 Å². The highest BCUT2D eigenvalue weighted by atomic mass is 28.4. The summed E-state index contributed by atoms with van der Waals surface area (Å²) in [6.07, 6.45) is 3.15. The monoisotopic (exact) mass is 478 g/mol. The molecule has 0 saturated heterocycles. The molecule has 33 heavy (non-hydrogen) atoms. The van der Waals surface area contributed by atoms with Crippen LogP contribution in [0.5, 0.6) is 0 Å². The van der Waals surface area contributed by atoms with Crippen LogP contribution >= 0.6 is 0 Å². The number of hydrogen-bond donors (Lipinski definition) is 0. The summed E-state index contributed by atoms with van der Waals surface area (Å²) in [6.45, 7) is 26.2. The van der Waals surface area contributed by atoms with Crippen molar-refractivity contribution in [3.63, 3.8) is 0 Å². The van der Waals surface area contributed by atoms with E-state index in [1.54, 1.807) is 13.8 Å². The fourth-order valence-electron chi connectivity index (χ4n) is 6.66. The molecule has 0 bridgehead atoms. The van der Waals surface area contributed by atoms with Crippen LogP contribution < -0.4 is 0 Å². The van der Waals surface area contributed by atoms with E-state index in [1.165, 1.54) is 0 Å². The molecule has 188 valence electrons. The van der Waals surface area contributed by atoms with Crippen LogP contribution in [0.1, 0.15) is 82.1 Å². The van der Waals surface area contributed by atoms with Gasteiger partial charge in [0.15, 0.2) is 5.41 Å². The molecule has 2 atom stereocenters. The number of ether oxygens (including phenoxy) is 2. The van der Waals surface area contributed by atoms with Crippen LogP contribution in [0, 0.1) is 22.7 Å². The lowest BCUT2D eigenvalue weighted by molar-refractivity contribution is -0.176. The highest BCUT2D eigenvalue weighted by Crippen LogP contribution is 2.61. The van der Waals surface area contributed by atoms with Crippen LogP contribution in [0.2, 0.25) is 16.6 Å². The maximum atomic E-state index is 13.4. The molecule has 0 aromatic heterocycles. The van der Waals surface area contributed by atoms with Crippen molar-refractivity contribution in [3.05, 3.63) is 24.0 Å². The van der Waals surface area contributed by atoms with Crippen molar-refractivity contribution in [2.45, 2.75) is 98.7 Å². The predicted octanol–water partition coefficient (Wildman–Crippen LogP) is 6.80. The summed E-state index contributed by atoms with van der Waals surface area (Å²) in [7, 11) is -2.24. The zero-order valence-corrected chi connectivity index (χ0v) is 23.5. The number of esters is 2. The van der Waals surface area contributed by atoms with E-state index in [-0.39, 0.29) is 36.9 Å². The minimum Gasteiger partial charge on any atom is -0.545 e. The topological polar surface area (TPSA) is 61.8 Å². The number of hydrogen-bond acceptors (Lipinski definition) is 5. The van der Waals surface area contributed by atoms with Crippen molar-refractivity contribution < 1.29 is 23.5 Å². The van der Waals surface area contributed by atoms with Crippen molar-refractivity contribution in [1.82, 2.24) is 0 Å². The highest BCUT2D eigenvalue weighted by molar-refractivity contribution is 6.77. The van der Waals surface area contributed by atoms with Crippen LogP contribution in [0.3, 0.4) is 0 Å². The zero-order valence-electron chi connectivity index (χ0n) is 22.5. The molecule has 5 nitrogen and oxygen atoms in total. The third kappa shape index (κ3) is 4.69. The lowest BCUT2D eigenvalue weighted by Crippen LogP contribution is -2.51. The zero-order chi connectivity index (χ0) is 25.4. The van der Waals surface area contributed by atoms with Crippen LogP contribution in [-0.2, 0) is 23.5 Å². The molecule has 2 aliphatic rings. The van der Waals surface area contributed by atoms with Gasteiger partial charge in [0.1, 0.15) is 0 Å². The van der Waals surface area contributed by atoms with Crippen LogP contribution in [0.4, 0.5) is 0 Å². The molecule has 0 spiro atoms. The average Bonchev–Trinajstić information content (AvgIpc) is 2.97. The van der Waals surface area contributed by atoms with Crippen LogP contribution in [0.25, 0.3) is 0 Å². The summed E-state index contributed by atoms with van der Waals surface area (Å²) in [6, 6.07) is 0. The molecule has 1 saturated carbocycles. The first-order valence-electron chi connectivity index (χ1n) is 12.6. The molecule has 0 unspecified atom stereocenters. The van der Waals surface area contributed by atoms with Crippen LogP contribution in [0.15, 0.2) is 24.0 Å². The summed E-state index contributed by atoms with van der Waals surface area (Å²) in [5.74, 6) is -0.561. The molecule has 1 fully saturated rings. The molecule has 2 aliphatic carbocycles. The Morgan fingerprint density at radius 1 is 1.00 bits per heavy atom. The molecular formula is C27H46O5Si. The summed E-state index contributed by atoms with van der Waals surface area (Å²) < 4.78 is 18.2. The Morgan fingerprint density at radius 2 is 1.45 bits per heavy atom. The van der Waals surface area contributed by atoms with Gasteiger partial charge in [0.05, 0.1) is 19.0 Å². The first-order chi connectivity index (χ1) is 15.2. The number of rotatable bonds is 9. The second-order valence-corrected chi connectivity index (χ2v) is 16.9. The van der Waals surface area contributed by atoms with E-state index in [0.29, 0.717) is 23.0 Å². The lowest BCUT2D eigenvalue weighted by atomic mass is 9.64. The number of fused-ring (bicyclic) bond motifs is 1. The van der Waals surface area contributed by atoms with Gasteiger partial charge in [0.25, 0.3) is 8.32 Å². The van der Waals surface area contributed by atoms with Crippen molar-refractivity contribution >= 4 is 20.3 Å². The molecule has 0 amide bonds. The molecule has 0 aliphatic heterocycles. The largest absolute Gasteiger partial charge is 0.545 e. The van der Waals surface area contributed by atoms with Gasteiger partial charge in [-0.2, -0.15) is 0 Å². The Hall–Kier alpha value is -1.56. The summed E-state index contributed by atoms with van der Waals surface area (Å²) in [5, 5.41) is 0. The van der Waals surface area contributed by atoms with Gasteiger partial charge in [-0.1, -0.05) is 67.5 Å².